The van der Waals surface area contributed by atoms with E-state index in [0.717, 1.165) is 25.1 Å². The molecule has 1 fully saturated rings. The van der Waals surface area contributed by atoms with Crippen molar-refractivity contribution in [2.24, 2.45) is 0 Å². The molecule has 0 bridgehead atoms. The van der Waals surface area contributed by atoms with Crippen LogP contribution < -0.4 is 0 Å². The van der Waals surface area contributed by atoms with Gasteiger partial charge in [0.15, 0.2) is 0 Å². The number of hydrogen-bond donors (Lipinski definition) is 1. The van der Waals surface area contributed by atoms with Gasteiger partial charge in [0.2, 0.25) is 5.76 Å². The van der Waals surface area contributed by atoms with Crippen LogP contribution in [0.1, 0.15) is 52.4 Å². The Labute approximate surface area is 146 Å². The number of carboxylic acids is 1. The fourth-order valence-electron chi connectivity index (χ4n) is 3.20. The molecule has 1 aliphatic rings. The predicted molar refractivity (Wildman–Crippen MR) is 96.4 cm³/mol. The molecule has 128 valence electrons. The van der Waals surface area contributed by atoms with Crippen molar-refractivity contribution in [1.29, 1.82) is 0 Å². The Bertz CT molecular complexity index is 702. The molecule has 1 aliphatic heterocycles. The molecule has 1 saturated heterocycles. The van der Waals surface area contributed by atoms with Gasteiger partial charge in [0.05, 0.1) is 0 Å². The summed E-state index contributed by atoms with van der Waals surface area (Å²) in [5, 5.41) is 11.2. The summed E-state index contributed by atoms with van der Waals surface area (Å²) >= 11 is 1.75. The third kappa shape index (κ3) is 4.16. The lowest BCUT2D eigenvalue weighted by Crippen LogP contribution is -2.32. The fourth-order valence-corrected chi connectivity index (χ4v) is 3.83. The summed E-state index contributed by atoms with van der Waals surface area (Å²) in [7, 11) is 0. The zero-order valence-corrected chi connectivity index (χ0v) is 14.7. The minimum Gasteiger partial charge on any atom is -0.475 e. The molecule has 0 saturated carbocycles. The highest BCUT2D eigenvalue weighted by Crippen LogP contribution is 2.24. The van der Waals surface area contributed by atoms with E-state index in [2.05, 4.69) is 34.6 Å². The van der Waals surface area contributed by atoms with Gasteiger partial charge < -0.3 is 9.52 Å². The van der Waals surface area contributed by atoms with Crippen molar-refractivity contribution < 1.29 is 14.3 Å². The van der Waals surface area contributed by atoms with Crippen molar-refractivity contribution in [3.05, 3.63) is 51.6 Å². The zero-order chi connectivity index (χ0) is 16.9. The van der Waals surface area contributed by atoms with E-state index in [4.69, 9.17) is 9.52 Å². The summed E-state index contributed by atoms with van der Waals surface area (Å²) < 4.78 is 5.36. The molecule has 1 atom stereocenters. The molecule has 0 spiro atoms. The maximum Gasteiger partial charge on any atom is 0.371 e. The average molecular weight is 345 g/mol. The van der Waals surface area contributed by atoms with Gasteiger partial charge in [-0.15, -0.1) is 11.3 Å². The maximum atomic E-state index is 11.1. The number of aromatic carboxylic acids is 1. The lowest BCUT2D eigenvalue weighted by atomic mass is 10.1. The summed E-state index contributed by atoms with van der Waals surface area (Å²) in [5.74, 6) is -0.269. The second-order valence-corrected chi connectivity index (χ2v) is 7.24. The quantitative estimate of drug-likeness (QED) is 0.845. The summed E-state index contributed by atoms with van der Waals surface area (Å²) in [4.78, 5) is 14.8. The molecule has 2 aromatic rings. The molecule has 0 radical (unpaired) electrons. The van der Waals surface area contributed by atoms with Gasteiger partial charge in [0.25, 0.3) is 0 Å². The lowest BCUT2D eigenvalue weighted by Gasteiger charge is -2.27. The number of rotatable bonds is 5. The van der Waals surface area contributed by atoms with Crippen LogP contribution in [-0.2, 0) is 6.54 Å². The monoisotopic (exact) mass is 345 g/mol. The molecule has 0 amide bonds. The highest BCUT2D eigenvalue weighted by atomic mass is 32.1. The minimum atomic E-state index is -1.01. The molecule has 1 N–H and O–H groups in total. The van der Waals surface area contributed by atoms with E-state index in [1.807, 2.05) is 6.92 Å². The van der Waals surface area contributed by atoms with Crippen molar-refractivity contribution in [2.75, 3.05) is 6.54 Å². The Hall–Kier alpha value is -1.85. The number of carboxylic acid groups (broad SMARTS) is 1. The van der Waals surface area contributed by atoms with Gasteiger partial charge >= 0.3 is 5.97 Å². The largest absolute Gasteiger partial charge is 0.475 e. The minimum absolute atomic E-state index is 0.0306. The Kier molecular flexibility index (Phi) is 5.53. The van der Waals surface area contributed by atoms with Crippen LogP contribution in [0, 0.1) is 6.92 Å². The topological polar surface area (TPSA) is 53.7 Å². The summed E-state index contributed by atoms with van der Waals surface area (Å²) in [6, 6.07) is 6.25. The first-order valence-electron chi connectivity index (χ1n) is 8.42. The number of nitrogens with zero attached hydrogens (tertiary/aromatic N) is 1. The van der Waals surface area contributed by atoms with Gasteiger partial charge in [-0.3, -0.25) is 4.90 Å². The molecule has 0 aromatic carbocycles. The van der Waals surface area contributed by atoms with Crippen LogP contribution >= 0.6 is 11.3 Å². The van der Waals surface area contributed by atoms with Crippen molar-refractivity contribution in [1.82, 2.24) is 4.90 Å². The third-order valence-electron chi connectivity index (χ3n) is 4.54. The number of thiophene rings is 1. The number of likely N-dealkylation sites (tertiary alicyclic amines) is 1. The highest BCUT2D eigenvalue weighted by Gasteiger charge is 2.22. The molecule has 0 aliphatic carbocycles. The lowest BCUT2D eigenvalue weighted by molar-refractivity contribution is 0.0661. The molecule has 2 aromatic heterocycles. The van der Waals surface area contributed by atoms with Crippen LogP contribution in [0.5, 0.6) is 0 Å². The van der Waals surface area contributed by atoms with Crippen molar-refractivity contribution in [3.63, 3.8) is 0 Å². The van der Waals surface area contributed by atoms with E-state index < -0.39 is 5.97 Å². The van der Waals surface area contributed by atoms with Crippen LogP contribution in [0.4, 0.5) is 0 Å². The Morgan fingerprint density at radius 3 is 3.04 bits per heavy atom. The molecule has 24 heavy (non-hydrogen) atoms. The molecule has 4 nitrogen and oxygen atoms in total. The molecule has 1 unspecified atom stereocenters. The second-order valence-electron chi connectivity index (χ2n) is 6.26. The number of furan rings is 1. The van der Waals surface area contributed by atoms with E-state index in [-0.39, 0.29) is 5.76 Å². The van der Waals surface area contributed by atoms with Crippen LogP contribution in [-0.4, -0.2) is 28.6 Å². The first kappa shape index (κ1) is 17.0. The smallest absolute Gasteiger partial charge is 0.371 e. The molecular weight excluding hydrogens is 322 g/mol. The van der Waals surface area contributed by atoms with Gasteiger partial charge in [-0.25, -0.2) is 4.79 Å². The molecule has 3 heterocycles. The summed E-state index contributed by atoms with van der Waals surface area (Å²) in [6.07, 6.45) is 9.32. The van der Waals surface area contributed by atoms with Gasteiger partial charge in [-0.1, -0.05) is 25.0 Å². The first-order valence-corrected chi connectivity index (χ1v) is 9.30. The predicted octanol–water partition coefficient (Wildman–Crippen LogP) is 4.81. The van der Waals surface area contributed by atoms with Crippen LogP contribution in [0.3, 0.4) is 0 Å². The third-order valence-corrected chi connectivity index (χ3v) is 5.38. The normalized spacial score (nSPS) is 19.6. The fraction of sp³-hybridized carbons (Fsp3) is 0.421. The Balaban J connectivity index is 1.76. The standard InChI is InChI=1S/C19H23NO3S/c1-14-15(12-18(23-14)19(21)22)13-20-10-4-2-3-6-16(20)8-9-17-7-5-11-24-17/h5,7-9,11-12,16H,2-4,6,10,13H2,1H3,(H,21,22)/b9-8-. The highest BCUT2D eigenvalue weighted by molar-refractivity contribution is 7.10. The van der Waals surface area contributed by atoms with Gasteiger partial charge in [0.1, 0.15) is 5.76 Å². The van der Waals surface area contributed by atoms with E-state index in [0.29, 0.717) is 11.8 Å². The van der Waals surface area contributed by atoms with Crippen LogP contribution in [0.15, 0.2) is 34.1 Å². The van der Waals surface area contributed by atoms with Gasteiger partial charge in [-0.05, 0) is 49.9 Å². The van der Waals surface area contributed by atoms with E-state index >= 15 is 0 Å². The Morgan fingerprint density at radius 2 is 2.33 bits per heavy atom. The van der Waals surface area contributed by atoms with Crippen molar-refractivity contribution >= 4 is 23.4 Å². The summed E-state index contributed by atoms with van der Waals surface area (Å²) in [6.45, 7) is 3.62. The molecule has 5 heteroatoms. The number of carbonyl (C=O) groups is 1. The number of aryl methyl sites for hydroxylation is 1. The average Bonchev–Trinajstić information content (AvgIpc) is 3.13. The second kappa shape index (κ2) is 7.81. The summed E-state index contributed by atoms with van der Waals surface area (Å²) in [5.41, 5.74) is 0.976. The number of hydrogen-bond acceptors (Lipinski definition) is 4. The zero-order valence-electron chi connectivity index (χ0n) is 13.9. The van der Waals surface area contributed by atoms with Gasteiger partial charge in [-0.2, -0.15) is 0 Å². The van der Waals surface area contributed by atoms with Gasteiger partial charge in [0, 0.05) is 23.0 Å². The van der Waals surface area contributed by atoms with Crippen LogP contribution in [0.25, 0.3) is 6.08 Å². The SMILES string of the molecule is Cc1oc(C(=O)O)cc1CN1CCCCCC1/C=C\c1cccs1. The molecule has 3 rings (SSSR count). The van der Waals surface area contributed by atoms with Crippen molar-refractivity contribution in [2.45, 2.75) is 45.2 Å². The van der Waals surface area contributed by atoms with E-state index in [1.54, 1.807) is 17.4 Å². The van der Waals surface area contributed by atoms with Crippen molar-refractivity contribution in [3.8, 4) is 0 Å². The Morgan fingerprint density at radius 1 is 1.46 bits per heavy atom. The first-order chi connectivity index (χ1) is 11.6. The van der Waals surface area contributed by atoms with Crippen LogP contribution in [0.2, 0.25) is 0 Å². The van der Waals surface area contributed by atoms with E-state index in [1.165, 1.54) is 24.1 Å². The molecular formula is C19H23NO3S. The van der Waals surface area contributed by atoms with E-state index in [9.17, 15) is 4.79 Å². The maximum absolute atomic E-state index is 11.1.